The molecule has 4 fully saturated rings. The predicted octanol–water partition coefficient (Wildman–Crippen LogP) is 0.729. The average Bonchev–Trinajstić information content (AvgIpc) is 2.78. The lowest BCUT2D eigenvalue weighted by Gasteiger charge is -2.67. The smallest absolute Gasteiger partial charge is 0.196 e. The number of Topliss-reactive ketones (excluding diaryl/α,β-unsaturated/α-hetero) is 1. The van der Waals surface area contributed by atoms with Crippen molar-refractivity contribution in [3.63, 3.8) is 0 Å². The van der Waals surface area contributed by atoms with Crippen molar-refractivity contribution < 1.29 is 30.0 Å². The second-order valence-corrected chi connectivity index (χ2v) is 10.4. The van der Waals surface area contributed by atoms with Crippen LogP contribution in [0, 0.1) is 22.2 Å². The lowest BCUT2D eigenvalue weighted by molar-refractivity contribution is -0.264. The van der Waals surface area contributed by atoms with Gasteiger partial charge in [-0.05, 0) is 49.9 Å². The van der Waals surface area contributed by atoms with Gasteiger partial charge < -0.3 is 25.2 Å². The number of carbonyl (C=O) groups excluding carboxylic acids is 2. The fourth-order valence-corrected chi connectivity index (χ4v) is 7.74. The maximum absolute atomic E-state index is 13.3. The van der Waals surface area contributed by atoms with Gasteiger partial charge in [-0.1, -0.05) is 27.2 Å². The van der Waals surface area contributed by atoms with E-state index in [2.05, 4.69) is 13.8 Å². The molecule has 4 N–H and O–H groups in total. The minimum Gasteiger partial charge on any atom is -0.383 e. The van der Waals surface area contributed by atoms with E-state index in [0.29, 0.717) is 12.8 Å². The second kappa shape index (κ2) is 4.77. The summed E-state index contributed by atoms with van der Waals surface area (Å²) in [5.41, 5.74) is -8.22. The highest BCUT2D eigenvalue weighted by molar-refractivity contribution is 5.97. The monoisotopic (exact) mass is 366 g/mol. The van der Waals surface area contributed by atoms with Crippen LogP contribution >= 0.6 is 0 Å². The van der Waals surface area contributed by atoms with Crippen molar-refractivity contribution in [1.82, 2.24) is 0 Å². The van der Waals surface area contributed by atoms with Gasteiger partial charge in [-0.2, -0.15) is 0 Å². The summed E-state index contributed by atoms with van der Waals surface area (Å²) in [6, 6.07) is 0. The van der Waals surface area contributed by atoms with E-state index in [-0.39, 0.29) is 30.5 Å². The van der Waals surface area contributed by atoms with Crippen LogP contribution in [0.5, 0.6) is 0 Å². The van der Waals surface area contributed by atoms with Crippen LogP contribution < -0.4 is 0 Å². The first-order valence-corrected chi connectivity index (χ1v) is 9.70. The summed E-state index contributed by atoms with van der Waals surface area (Å²) in [4.78, 5) is 25.0. The molecule has 6 nitrogen and oxygen atoms in total. The van der Waals surface area contributed by atoms with Crippen molar-refractivity contribution in [2.24, 2.45) is 22.2 Å². The summed E-state index contributed by atoms with van der Waals surface area (Å²) >= 11 is 0. The summed E-state index contributed by atoms with van der Waals surface area (Å²) < 4.78 is 0. The summed E-state index contributed by atoms with van der Waals surface area (Å²) in [6.45, 7) is 6.24. The highest BCUT2D eigenvalue weighted by Crippen LogP contribution is 2.74. The number of carbonyl (C=O) groups is 2. The van der Waals surface area contributed by atoms with E-state index in [4.69, 9.17) is 0 Å². The zero-order valence-corrected chi connectivity index (χ0v) is 15.8. The average molecular weight is 366 g/mol. The predicted molar refractivity (Wildman–Crippen MR) is 92.1 cm³/mol. The number of aliphatic hydroxyl groups excluding tert-OH is 1. The molecule has 0 amide bonds. The number of aldehydes is 1. The molecule has 0 heterocycles. The quantitative estimate of drug-likeness (QED) is 0.509. The van der Waals surface area contributed by atoms with Crippen LogP contribution in [0.25, 0.3) is 0 Å². The zero-order valence-electron chi connectivity index (χ0n) is 15.8. The Hall–Kier alpha value is -0.820. The first kappa shape index (κ1) is 18.5. The van der Waals surface area contributed by atoms with Gasteiger partial charge in [0.05, 0.1) is 0 Å². The minimum absolute atomic E-state index is 0.0527. The van der Waals surface area contributed by atoms with Crippen LogP contribution in [0.4, 0.5) is 0 Å². The lowest BCUT2D eigenvalue weighted by atomic mass is 9.38. The fourth-order valence-electron chi connectivity index (χ4n) is 7.74. The molecule has 0 aromatic rings. The molecule has 7 atom stereocenters. The Bertz CT molecular complexity index is 690. The zero-order chi connectivity index (χ0) is 19.4. The molecule has 26 heavy (non-hydrogen) atoms. The van der Waals surface area contributed by atoms with Crippen molar-refractivity contribution in [3.8, 4) is 0 Å². The maximum atomic E-state index is 13.3. The van der Waals surface area contributed by atoms with E-state index in [1.54, 1.807) is 0 Å². The molecular formula is C20H30O6. The summed E-state index contributed by atoms with van der Waals surface area (Å²) in [5, 5.41) is 44.4. The second-order valence-electron chi connectivity index (χ2n) is 10.4. The van der Waals surface area contributed by atoms with Crippen LogP contribution in [0.2, 0.25) is 0 Å². The van der Waals surface area contributed by atoms with Gasteiger partial charge >= 0.3 is 0 Å². The van der Waals surface area contributed by atoms with Gasteiger partial charge in [-0.15, -0.1) is 0 Å². The van der Waals surface area contributed by atoms with Crippen molar-refractivity contribution >= 4 is 12.1 Å². The number of ketones is 1. The topological polar surface area (TPSA) is 115 Å². The molecule has 0 aromatic carbocycles. The summed E-state index contributed by atoms with van der Waals surface area (Å²) in [5.74, 6) is -0.736. The van der Waals surface area contributed by atoms with Gasteiger partial charge in [0.1, 0.15) is 17.3 Å². The molecule has 7 unspecified atom stereocenters. The molecule has 1 spiro atoms. The Labute approximate surface area is 153 Å². The molecule has 0 aromatic heterocycles. The van der Waals surface area contributed by atoms with E-state index < -0.39 is 39.5 Å². The van der Waals surface area contributed by atoms with E-state index in [1.165, 1.54) is 0 Å². The third kappa shape index (κ3) is 1.65. The SMILES string of the molecule is CC1(C)CCCC2(C)C1CCC13CC(O)(C=O)C(O)(C1)C(O)C(=O)C32O. The Morgan fingerprint density at radius 2 is 1.69 bits per heavy atom. The number of aliphatic hydroxyl groups is 4. The number of hydrogen-bond donors (Lipinski definition) is 4. The van der Waals surface area contributed by atoms with Crippen molar-refractivity contribution in [1.29, 1.82) is 0 Å². The van der Waals surface area contributed by atoms with Crippen molar-refractivity contribution in [3.05, 3.63) is 0 Å². The molecule has 2 bridgehead atoms. The van der Waals surface area contributed by atoms with E-state index in [9.17, 15) is 30.0 Å². The van der Waals surface area contributed by atoms with Crippen molar-refractivity contribution in [2.75, 3.05) is 0 Å². The molecule has 6 heteroatoms. The molecule has 0 aliphatic heterocycles. The minimum atomic E-state index is -2.23. The highest BCUT2D eigenvalue weighted by Gasteiger charge is 2.83. The Morgan fingerprint density at radius 1 is 1.04 bits per heavy atom. The first-order valence-electron chi connectivity index (χ1n) is 9.70. The van der Waals surface area contributed by atoms with Crippen molar-refractivity contribution in [2.45, 2.75) is 88.6 Å². The molecule has 4 aliphatic rings. The van der Waals surface area contributed by atoms with Gasteiger partial charge in [0.25, 0.3) is 0 Å². The highest BCUT2D eigenvalue weighted by atomic mass is 16.4. The standard InChI is InChI=1S/C20H30O6/c1-15(2)6-4-7-16(3)12(15)5-8-17-9-18(24,11-21)19(25,10-17)13(22)14(23)20(16,17)26/h11-13,22,24-26H,4-10H2,1-3H3. The maximum Gasteiger partial charge on any atom is 0.196 e. The Morgan fingerprint density at radius 3 is 2.31 bits per heavy atom. The van der Waals surface area contributed by atoms with Crippen LogP contribution in [0.15, 0.2) is 0 Å². The normalized spacial score (nSPS) is 58.0. The lowest BCUT2D eigenvalue weighted by Crippen LogP contribution is -2.76. The van der Waals surface area contributed by atoms with Gasteiger partial charge in [0, 0.05) is 10.8 Å². The summed E-state index contributed by atoms with van der Waals surface area (Å²) in [7, 11) is 0. The number of hydrogen-bond acceptors (Lipinski definition) is 6. The molecule has 4 rings (SSSR count). The fraction of sp³-hybridized carbons (Fsp3) is 0.900. The van der Waals surface area contributed by atoms with Crippen LogP contribution in [-0.2, 0) is 9.59 Å². The van der Waals surface area contributed by atoms with Crippen LogP contribution in [0.3, 0.4) is 0 Å². The Kier molecular flexibility index (Phi) is 3.40. The third-order valence-corrected chi connectivity index (χ3v) is 8.95. The van der Waals surface area contributed by atoms with E-state index >= 15 is 0 Å². The van der Waals surface area contributed by atoms with Crippen LogP contribution in [-0.4, -0.2) is 55.4 Å². The van der Waals surface area contributed by atoms with Crippen LogP contribution in [0.1, 0.15) is 65.7 Å². The molecule has 4 saturated carbocycles. The van der Waals surface area contributed by atoms with E-state index in [1.807, 2.05) is 6.92 Å². The number of rotatable bonds is 1. The van der Waals surface area contributed by atoms with Gasteiger partial charge in [0.15, 0.2) is 17.7 Å². The first-order chi connectivity index (χ1) is 11.8. The molecule has 146 valence electrons. The largest absolute Gasteiger partial charge is 0.383 e. The van der Waals surface area contributed by atoms with E-state index in [0.717, 1.165) is 19.3 Å². The van der Waals surface area contributed by atoms with Gasteiger partial charge in [-0.25, -0.2) is 0 Å². The number of fused-ring (bicyclic) bond motifs is 3. The molecule has 0 radical (unpaired) electrons. The van der Waals surface area contributed by atoms with Gasteiger partial charge in [-0.3, -0.25) is 4.79 Å². The third-order valence-electron chi connectivity index (χ3n) is 8.95. The Balaban J connectivity index is 1.94. The summed E-state index contributed by atoms with van der Waals surface area (Å²) in [6.07, 6.45) is 1.67. The molecule has 0 saturated heterocycles. The van der Waals surface area contributed by atoms with Gasteiger partial charge in [0.2, 0.25) is 0 Å². The molecular weight excluding hydrogens is 336 g/mol. The molecule has 4 aliphatic carbocycles.